The molecule has 0 saturated carbocycles. The van der Waals surface area contributed by atoms with E-state index in [1.165, 1.54) is 14.2 Å². The SMILES string of the molecule is COC[C@@H](OC)C(=O)[C@H](O)[C@@H](O)CO. The van der Waals surface area contributed by atoms with Gasteiger partial charge in [-0.25, -0.2) is 0 Å². The van der Waals surface area contributed by atoms with Gasteiger partial charge in [-0.2, -0.15) is 0 Å². The molecule has 0 spiro atoms. The highest BCUT2D eigenvalue weighted by Crippen LogP contribution is 2.02. The van der Waals surface area contributed by atoms with E-state index in [0.29, 0.717) is 0 Å². The van der Waals surface area contributed by atoms with Gasteiger partial charge in [0.2, 0.25) is 0 Å². The molecule has 0 radical (unpaired) electrons. The minimum atomic E-state index is -1.65. The lowest BCUT2D eigenvalue weighted by Gasteiger charge is -2.19. The minimum Gasteiger partial charge on any atom is -0.394 e. The Morgan fingerprint density at radius 2 is 1.93 bits per heavy atom. The van der Waals surface area contributed by atoms with Crippen LogP contribution in [0.3, 0.4) is 0 Å². The van der Waals surface area contributed by atoms with Gasteiger partial charge in [0.25, 0.3) is 0 Å². The highest BCUT2D eigenvalue weighted by molar-refractivity contribution is 5.87. The van der Waals surface area contributed by atoms with E-state index in [4.69, 9.17) is 14.9 Å². The van der Waals surface area contributed by atoms with Crippen molar-refractivity contribution in [1.82, 2.24) is 0 Å². The zero-order chi connectivity index (χ0) is 11.1. The topological polar surface area (TPSA) is 96.2 Å². The molecule has 3 N–H and O–H groups in total. The van der Waals surface area contributed by atoms with E-state index in [-0.39, 0.29) is 6.61 Å². The Balaban J connectivity index is 4.26. The summed E-state index contributed by atoms with van der Waals surface area (Å²) in [5, 5.41) is 26.7. The molecule has 6 heteroatoms. The van der Waals surface area contributed by atoms with Crippen molar-refractivity contribution in [3.05, 3.63) is 0 Å². The van der Waals surface area contributed by atoms with Crippen molar-refractivity contribution in [3.8, 4) is 0 Å². The third-order valence-corrected chi connectivity index (χ3v) is 1.76. The van der Waals surface area contributed by atoms with Crippen molar-refractivity contribution in [1.29, 1.82) is 0 Å². The van der Waals surface area contributed by atoms with Gasteiger partial charge in [-0.3, -0.25) is 4.79 Å². The Labute approximate surface area is 82.1 Å². The van der Waals surface area contributed by atoms with E-state index in [9.17, 15) is 9.90 Å². The third kappa shape index (κ3) is 3.69. The average molecular weight is 208 g/mol. The summed E-state index contributed by atoms with van der Waals surface area (Å²) >= 11 is 0. The molecule has 3 atom stereocenters. The Kier molecular flexibility index (Phi) is 6.60. The number of aliphatic hydroxyl groups excluding tert-OH is 3. The summed E-state index contributed by atoms with van der Waals surface area (Å²) in [4.78, 5) is 11.3. The van der Waals surface area contributed by atoms with Crippen LogP contribution in [0.15, 0.2) is 0 Å². The molecule has 0 aliphatic rings. The van der Waals surface area contributed by atoms with Gasteiger partial charge in [0.1, 0.15) is 18.3 Å². The van der Waals surface area contributed by atoms with Crippen LogP contribution in [0, 0.1) is 0 Å². The molecule has 0 amide bonds. The van der Waals surface area contributed by atoms with Crippen LogP contribution >= 0.6 is 0 Å². The molecule has 84 valence electrons. The molecule has 0 rings (SSSR count). The summed E-state index contributed by atoms with van der Waals surface area (Å²) in [5.41, 5.74) is 0. The fraction of sp³-hybridized carbons (Fsp3) is 0.875. The second kappa shape index (κ2) is 6.86. The van der Waals surface area contributed by atoms with Gasteiger partial charge >= 0.3 is 0 Å². The van der Waals surface area contributed by atoms with Gasteiger partial charge in [0.05, 0.1) is 13.2 Å². The van der Waals surface area contributed by atoms with Crippen molar-refractivity contribution < 1.29 is 29.6 Å². The Morgan fingerprint density at radius 1 is 1.36 bits per heavy atom. The van der Waals surface area contributed by atoms with E-state index in [1.54, 1.807) is 0 Å². The predicted molar refractivity (Wildman–Crippen MR) is 46.8 cm³/mol. The maximum atomic E-state index is 11.3. The standard InChI is InChI=1S/C8H16O6/c1-13-4-6(14-2)8(12)7(11)5(10)3-9/h5-7,9-11H,3-4H2,1-2H3/t5-,6+,7+/m0/s1. The predicted octanol–water partition coefficient (Wildman–Crippen LogP) is -2.07. The summed E-state index contributed by atoms with van der Waals surface area (Å²) < 4.78 is 9.42. The van der Waals surface area contributed by atoms with E-state index < -0.39 is 30.7 Å². The summed E-state index contributed by atoms with van der Waals surface area (Å²) in [6, 6.07) is 0. The molecule has 0 bridgehead atoms. The van der Waals surface area contributed by atoms with Gasteiger partial charge in [-0.1, -0.05) is 0 Å². The Bertz CT molecular complexity index is 167. The zero-order valence-corrected chi connectivity index (χ0v) is 8.21. The summed E-state index contributed by atoms with van der Waals surface area (Å²) in [6.07, 6.45) is -4.08. The quantitative estimate of drug-likeness (QED) is 0.445. The van der Waals surface area contributed by atoms with E-state index in [2.05, 4.69) is 4.74 Å². The lowest BCUT2D eigenvalue weighted by molar-refractivity contribution is -0.147. The molecule has 0 aromatic rings. The maximum absolute atomic E-state index is 11.3. The normalized spacial score (nSPS) is 17.5. The highest BCUT2D eigenvalue weighted by atomic mass is 16.5. The number of hydrogen-bond donors (Lipinski definition) is 3. The smallest absolute Gasteiger partial charge is 0.194 e. The summed E-state index contributed by atoms with van der Waals surface area (Å²) in [5.74, 6) is -0.712. The number of aliphatic hydroxyl groups is 3. The number of ether oxygens (including phenoxy) is 2. The molecule has 0 aromatic heterocycles. The molecule has 0 unspecified atom stereocenters. The first-order chi connectivity index (χ1) is 6.58. The number of methoxy groups -OCH3 is 2. The molecular formula is C8H16O6. The largest absolute Gasteiger partial charge is 0.394 e. The van der Waals surface area contributed by atoms with Gasteiger partial charge in [-0.15, -0.1) is 0 Å². The summed E-state index contributed by atoms with van der Waals surface area (Å²) in [7, 11) is 2.67. The Morgan fingerprint density at radius 3 is 2.29 bits per heavy atom. The van der Waals surface area contributed by atoms with Crippen LogP contribution < -0.4 is 0 Å². The molecule has 0 aliphatic carbocycles. The number of carbonyl (C=O) groups excluding carboxylic acids is 1. The first-order valence-electron chi connectivity index (χ1n) is 4.10. The van der Waals surface area contributed by atoms with Crippen molar-refractivity contribution in [3.63, 3.8) is 0 Å². The maximum Gasteiger partial charge on any atom is 0.194 e. The zero-order valence-electron chi connectivity index (χ0n) is 8.21. The molecule has 6 nitrogen and oxygen atoms in total. The van der Waals surface area contributed by atoms with E-state index >= 15 is 0 Å². The molecule has 0 heterocycles. The minimum absolute atomic E-state index is 0.00938. The van der Waals surface area contributed by atoms with Gasteiger partial charge in [-0.05, 0) is 0 Å². The van der Waals surface area contributed by atoms with Crippen LogP contribution in [0.25, 0.3) is 0 Å². The number of carbonyl (C=O) groups is 1. The summed E-state index contributed by atoms with van der Waals surface area (Å²) in [6.45, 7) is -0.694. The van der Waals surface area contributed by atoms with Crippen LogP contribution in [0.4, 0.5) is 0 Å². The fourth-order valence-electron chi connectivity index (χ4n) is 0.898. The Hall–Kier alpha value is -0.530. The number of Topliss-reactive ketones (excluding diaryl/α,β-unsaturated/α-hetero) is 1. The molecule has 0 saturated heterocycles. The van der Waals surface area contributed by atoms with Crippen molar-refractivity contribution in [2.45, 2.75) is 18.3 Å². The molecular weight excluding hydrogens is 192 g/mol. The van der Waals surface area contributed by atoms with Crippen LogP contribution in [-0.4, -0.2) is 66.8 Å². The van der Waals surface area contributed by atoms with Crippen molar-refractivity contribution in [2.24, 2.45) is 0 Å². The number of ketones is 1. The van der Waals surface area contributed by atoms with Crippen LogP contribution in [0.1, 0.15) is 0 Å². The molecule has 0 aromatic carbocycles. The van der Waals surface area contributed by atoms with Crippen LogP contribution in [-0.2, 0) is 14.3 Å². The van der Waals surface area contributed by atoms with Crippen LogP contribution in [0.5, 0.6) is 0 Å². The molecule has 0 aliphatic heterocycles. The monoisotopic (exact) mass is 208 g/mol. The van der Waals surface area contributed by atoms with Gasteiger partial charge in [0, 0.05) is 14.2 Å². The second-order valence-electron chi connectivity index (χ2n) is 2.78. The average Bonchev–Trinajstić information content (AvgIpc) is 2.22. The lowest BCUT2D eigenvalue weighted by Crippen LogP contribution is -2.44. The first kappa shape index (κ1) is 13.5. The van der Waals surface area contributed by atoms with Gasteiger partial charge in [0.15, 0.2) is 5.78 Å². The third-order valence-electron chi connectivity index (χ3n) is 1.76. The van der Waals surface area contributed by atoms with E-state index in [0.717, 1.165) is 0 Å². The first-order valence-corrected chi connectivity index (χ1v) is 4.10. The van der Waals surface area contributed by atoms with Crippen molar-refractivity contribution in [2.75, 3.05) is 27.4 Å². The number of rotatable bonds is 7. The highest BCUT2D eigenvalue weighted by Gasteiger charge is 2.30. The fourth-order valence-corrected chi connectivity index (χ4v) is 0.898. The molecule has 0 fully saturated rings. The second-order valence-corrected chi connectivity index (χ2v) is 2.78. The number of hydrogen-bond acceptors (Lipinski definition) is 6. The van der Waals surface area contributed by atoms with Crippen molar-refractivity contribution >= 4 is 5.78 Å². The van der Waals surface area contributed by atoms with Crippen LogP contribution in [0.2, 0.25) is 0 Å². The lowest BCUT2D eigenvalue weighted by atomic mass is 10.1. The van der Waals surface area contributed by atoms with Gasteiger partial charge < -0.3 is 24.8 Å². The van der Waals surface area contributed by atoms with E-state index in [1.807, 2.05) is 0 Å². The molecule has 14 heavy (non-hydrogen) atoms.